The van der Waals surface area contributed by atoms with Crippen LogP contribution in [-0.4, -0.2) is 20.7 Å². The Kier molecular flexibility index (Phi) is 4.05. The van der Waals surface area contributed by atoms with Gasteiger partial charge in [-0.25, -0.2) is 0 Å². The number of carbonyl (C=O) groups is 1. The zero-order valence-corrected chi connectivity index (χ0v) is 9.64. The molecule has 0 radical (unpaired) electrons. The summed E-state index contributed by atoms with van der Waals surface area (Å²) in [6.07, 6.45) is 0.745. The number of rotatable bonds is 5. The van der Waals surface area contributed by atoms with Gasteiger partial charge >= 0.3 is 11.4 Å². The van der Waals surface area contributed by atoms with Gasteiger partial charge < -0.3 is 5.32 Å². The summed E-state index contributed by atoms with van der Waals surface area (Å²) in [7, 11) is 0. The molecule has 0 aliphatic carbocycles. The van der Waals surface area contributed by atoms with Crippen molar-refractivity contribution in [1.82, 2.24) is 0 Å². The first kappa shape index (κ1) is 14.7. The SMILES string of the molecule is C=CC(=O)Nc1c([N+](=O)[O-])cc([N+](=O)[O-])cc1[N+](=O)[O-]. The number of anilines is 1. The highest BCUT2D eigenvalue weighted by molar-refractivity contribution is 6.02. The van der Waals surface area contributed by atoms with Crippen LogP contribution in [0.15, 0.2) is 24.8 Å². The first-order valence-corrected chi connectivity index (χ1v) is 4.82. The highest BCUT2D eigenvalue weighted by Crippen LogP contribution is 2.38. The van der Waals surface area contributed by atoms with Crippen molar-refractivity contribution in [3.63, 3.8) is 0 Å². The fourth-order valence-corrected chi connectivity index (χ4v) is 1.29. The summed E-state index contributed by atoms with van der Waals surface area (Å²) in [6, 6.07) is 1.04. The standard InChI is InChI=1S/C9H6N4O7/c1-2-8(14)10-9-6(12(17)18)3-5(11(15)16)4-7(9)13(19)20/h2-4H,1H2,(H,10,14). The van der Waals surface area contributed by atoms with Gasteiger partial charge in [-0.1, -0.05) is 6.58 Å². The van der Waals surface area contributed by atoms with Crippen molar-refractivity contribution in [1.29, 1.82) is 0 Å². The van der Waals surface area contributed by atoms with Gasteiger partial charge in [0.15, 0.2) is 5.69 Å². The molecule has 0 unspecified atom stereocenters. The lowest BCUT2D eigenvalue weighted by Gasteiger charge is -2.04. The quantitative estimate of drug-likeness (QED) is 0.486. The molecule has 11 heteroatoms. The Hall–Kier alpha value is -3.37. The summed E-state index contributed by atoms with van der Waals surface area (Å²) < 4.78 is 0. The molecule has 20 heavy (non-hydrogen) atoms. The molecule has 0 aliphatic rings. The minimum absolute atomic E-state index is 0.520. The lowest BCUT2D eigenvalue weighted by atomic mass is 10.2. The van der Waals surface area contributed by atoms with Gasteiger partial charge in [0.1, 0.15) is 0 Å². The molecule has 0 bridgehead atoms. The monoisotopic (exact) mass is 282 g/mol. The summed E-state index contributed by atoms with van der Waals surface area (Å²) in [5, 5.41) is 34.1. The second-order valence-corrected chi connectivity index (χ2v) is 3.32. The number of non-ortho nitro benzene ring substituents is 1. The van der Waals surface area contributed by atoms with E-state index in [0.29, 0.717) is 12.1 Å². The number of nitrogens with one attached hydrogen (secondary N) is 1. The molecule has 0 atom stereocenters. The minimum Gasteiger partial charge on any atom is -0.311 e. The molecule has 1 N–H and O–H groups in total. The lowest BCUT2D eigenvalue weighted by Crippen LogP contribution is -2.11. The highest BCUT2D eigenvalue weighted by atomic mass is 16.6. The third-order valence-corrected chi connectivity index (χ3v) is 2.12. The van der Waals surface area contributed by atoms with E-state index in [1.54, 1.807) is 0 Å². The average molecular weight is 282 g/mol. The van der Waals surface area contributed by atoms with Gasteiger partial charge in [0.2, 0.25) is 5.91 Å². The first-order valence-electron chi connectivity index (χ1n) is 4.82. The number of hydrogen-bond donors (Lipinski definition) is 1. The third-order valence-electron chi connectivity index (χ3n) is 2.12. The Labute approximate surface area is 110 Å². The normalized spacial score (nSPS) is 9.60. The van der Waals surface area contributed by atoms with Gasteiger partial charge in [-0.2, -0.15) is 0 Å². The van der Waals surface area contributed by atoms with Crippen LogP contribution in [0.4, 0.5) is 22.7 Å². The number of nitro groups is 3. The molecule has 0 fully saturated rings. The van der Waals surface area contributed by atoms with Gasteiger partial charge in [0.25, 0.3) is 5.69 Å². The van der Waals surface area contributed by atoms with Crippen molar-refractivity contribution in [3.05, 3.63) is 55.1 Å². The van der Waals surface area contributed by atoms with Crippen molar-refractivity contribution in [2.24, 2.45) is 0 Å². The summed E-state index contributed by atoms with van der Waals surface area (Å²) in [5.74, 6) is -0.926. The summed E-state index contributed by atoms with van der Waals surface area (Å²) >= 11 is 0. The van der Waals surface area contributed by atoms with Crippen LogP contribution in [-0.2, 0) is 4.79 Å². The number of nitrogens with zero attached hydrogens (tertiary/aromatic N) is 3. The molecule has 0 saturated carbocycles. The molecular weight excluding hydrogens is 276 g/mol. The van der Waals surface area contributed by atoms with Gasteiger partial charge in [0, 0.05) is 0 Å². The fraction of sp³-hybridized carbons (Fsp3) is 0. The van der Waals surface area contributed by atoms with Gasteiger partial charge in [-0.3, -0.25) is 35.1 Å². The van der Waals surface area contributed by atoms with Gasteiger partial charge in [-0.05, 0) is 6.08 Å². The second-order valence-electron chi connectivity index (χ2n) is 3.32. The van der Waals surface area contributed by atoms with E-state index >= 15 is 0 Å². The molecule has 0 aromatic heterocycles. The zero-order valence-electron chi connectivity index (χ0n) is 9.64. The summed E-state index contributed by atoms with van der Waals surface area (Å²) in [4.78, 5) is 40.2. The minimum atomic E-state index is -1.07. The summed E-state index contributed by atoms with van der Waals surface area (Å²) in [6.45, 7) is 3.09. The van der Waals surface area contributed by atoms with Crippen molar-refractivity contribution >= 4 is 28.7 Å². The van der Waals surface area contributed by atoms with E-state index in [9.17, 15) is 35.1 Å². The van der Waals surface area contributed by atoms with Gasteiger partial charge in [-0.15, -0.1) is 0 Å². The van der Waals surface area contributed by atoms with Crippen LogP contribution in [0, 0.1) is 30.3 Å². The molecule has 11 nitrogen and oxygen atoms in total. The molecule has 1 rings (SSSR count). The van der Waals surface area contributed by atoms with Crippen molar-refractivity contribution < 1.29 is 19.6 Å². The number of carbonyl (C=O) groups excluding carboxylic acids is 1. The Morgan fingerprint density at radius 1 is 1.05 bits per heavy atom. The van der Waals surface area contributed by atoms with E-state index in [2.05, 4.69) is 6.58 Å². The molecule has 1 aromatic carbocycles. The van der Waals surface area contributed by atoms with E-state index in [0.717, 1.165) is 6.08 Å². The number of hydrogen-bond acceptors (Lipinski definition) is 7. The van der Waals surface area contributed by atoms with E-state index < -0.39 is 43.4 Å². The fourth-order valence-electron chi connectivity index (χ4n) is 1.29. The Bertz CT molecular complexity index is 604. The van der Waals surface area contributed by atoms with E-state index in [-0.39, 0.29) is 0 Å². The lowest BCUT2D eigenvalue weighted by molar-refractivity contribution is -0.401. The van der Waals surface area contributed by atoms with E-state index in [4.69, 9.17) is 0 Å². The number of amides is 1. The topological polar surface area (TPSA) is 159 Å². The highest BCUT2D eigenvalue weighted by Gasteiger charge is 2.31. The maximum absolute atomic E-state index is 11.1. The van der Waals surface area contributed by atoms with Gasteiger partial charge in [0.05, 0.1) is 26.9 Å². The predicted octanol–water partition coefficient (Wildman–Crippen LogP) is 1.54. The van der Waals surface area contributed by atoms with Crippen LogP contribution in [0.25, 0.3) is 0 Å². The van der Waals surface area contributed by atoms with Crippen molar-refractivity contribution in [2.75, 3.05) is 5.32 Å². The zero-order chi connectivity index (χ0) is 15.4. The molecular formula is C9H6N4O7. The van der Waals surface area contributed by atoms with E-state index in [1.165, 1.54) is 0 Å². The largest absolute Gasteiger partial charge is 0.311 e. The third kappa shape index (κ3) is 2.90. The first-order chi connectivity index (χ1) is 9.27. The van der Waals surface area contributed by atoms with Crippen LogP contribution < -0.4 is 5.32 Å². The van der Waals surface area contributed by atoms with Crippen LogP contribution in [0.3, 0.4) is 0 Å². The Balaban J connectivity index is 3.63. The maximum atomic E-state index is 11.1. The van der Waals surface area contributed by atoms with E-state index in [1.807, 2.05) is 5.32 Å². The van der Waals surface area contributed by atoms with Crippen LogP contribution in [0.1, 0.15) is 0 Å². The summed E-state index contributed by atoms with van der Waals surface area (Å²) in [5.41, 5.74) is -3.49. The molecule has 0 heterocycles. The number of benzene rings is 1. The molecule has 0 aliphatic heterocycles. The molecule has 1 aromatic rings. The predicted molar refractivity (Wildman–Crippen MR) is 65.2 cm³/mol. The molecule has 1 amide bonds. The van der Waals surface area contributed by atoms with Crippen LogP contribution in [0.5, 0.6) is 0 Å². The maximum Gasteiger partial charge on any atom is 0.306 e. The van der Waals surface area contributed by atoms with Crippen molar-refractivity contribution in [3.8, 4) is 0 Å². The smallest absolute Gasteiger partial charge is 0.306 e. The Morgan fingerprint density at radius 2 is 1.50 bits per heavy atom. The Morgan fingerprint density at radius 3 is 1.80 bits per heavy atom. The average Bonchev–Trinajstić information content (AvgIpc) is 2.37. The molecule has 0 spiro atoms. The van der Waals surface area contributed by atoms with Crippen molar-refractivity contribution in [2.45, 2.75) is 0 Å². The van der Waals surface area contributed by atoms with Crippen LogP contribution in [0.2, 0.25) is 0 Å². The second kappa shape index (κ2) is 5.51. The molecule has 104 valence electrons. The number of nitro benzene ring substituents is 3. The molecule has 0 saturated heterocycles. The van der Waals surface area contributed by atoms with Crippen LogP contribution >= 0.6 is 0 Å².